The van der Waals surface area contributed by atoms with Crippen LogP contribution in [0.2, 0.25) is 5.02 Å². The standard InChI is InChI=1S/C18H15ClFN3O3S3/c19-13-10-12(3-4-14(13)20)29(25,26)23-7-5-22(6-8-23)18(24)16-11-21-17(28-16)15-2-1-9-27-15/h1-4,9-11H,5-8H2. The number of carbonyl (C=O) groups excluding carboxylic acids is 1. The number of nitrogens with zero attached hydrogens (tertiary/aromatic N) is 3. The fourth-order valence-electron chi connectivity index (χ4n) is 2.96. The summed E-state index contributed by atoms with van der Waals surface area (Å²) in [7, 11) is -3.80. The van der Waals surface area contributed by atoms with Crippen molar-refractivity contribution in [2.45, 2.75) is 4.90 Å². The molecular weight excluding hydrogens is 457 g/mol. The van der Waals surface area contributed by atoms with Crippen molar-refractivity contribution in [3.8, 4) is 9.88 Å². The largest absolute Gasteiger partial charge is 0.335 e. The van der Waals surface area contributed by atoms with Crippen LogP contribution in [0.5, 0.6) is 0 Å². The van der Waals surface area contributed by atoms with Crippen molar-refractivity contribution >= 4 is 50.2 Å². The van der Waals surface area contributed by atoms with E-state index < -0.39 is 15.8 Å². The lowest BCUT2D eigenvalue weighted by molar-refractivity contribution is 0.0702. The highest BCUT2D eigenvalue weighted by Gasteiger charge is 2.31. The number of amides is 1. The highest BCUT2D eigenvalue weighted by molar-refractivity contribution is 7.89. The SMILES string of the molecule is O=C(c1cnc(-c2cccs2)s1)N1CCN(S(=O)(=O)c2ccc(F)c(Cl)c2)CC1. The van der Waals surface area contributed by atoms with Crippen LogP contribution in [0.25, 0.3) is 9.88 Å². The summed E-state index contributed by atoms with van der Waals surface area (Å²) in [5.41, 5.74) is 0. The molecule has 29 heavy (non-hydrogen) atoms. The number of hydrogen-bond donors (Lipinski definition) is 0. The van der Waals surface area contributed by atoms with Gasteiger partial charge in [-0.05, 0) is 29.6 Å². The molecule has 0 unspecified atom stereocenters. The van der Waals surface area contributed by atoms with E-state index in [0.717, 1.165) is 22.0 Å². The first-order valence-corrected chi connectivity index (χ1v) is 12.1. The third kappa shape index (κ3) is 4.08. The van der Waals surface area contributed by atoms with E-state index in [2.05, 4.69) is 4.98 Å². The summed E-state index contributed by atoms with van der Waals surface area (Å²) in [6.45, 7) is 0.831. The Kier molecular flexibility index (Phi) is 5.71. The molecule has 0 atom stereocenters. The number of rotatable bonds is 4. The molecule has 4 rings (SSSR count). The van der Waals surface area contributed by atoms with Crippen LogP contribution in [0.15, 0.2) is 46.8 Å². The number of benzene rings is 1. The predicted octanol–water partition coefficient (Wildman–Crippen LogP) is 3.81. The van der Waals surface area contributed by atoms with Crippen LogP contribution in [0, 0.1) is 5.82 Å². The Morgan fingerprint density at radius 1 is 1.17 bits per heavy atom. The molecule has 3 heterocycles. The summed E-state index contributed by atoms with van der Waals surface area (Å²) in [5.74, 6) is -0.834. The van der Waals surface area contributed by atoms with Crippen LogP contribution < -0.4 is 0 Å². The molecular formula is C18H15ClFN3O3S3. The Hall–Kier alpha value is -1.85. The second-order valence-corrected chi connectivity index (χ2v) is 10.6. The van der Waals surface area contributed by atoms with Gasteiger partial charge in [0.05, 0.1) is 21.0 Å². The van der Waals surface area contributed by atoms with Crippen molar-refractivity contribution in [2.24, 2.45) is 0 Å². The van der Waals surface area contributed by atoms with Gasteiger partial charge >= 0.3 is 0 Å². The van der Waals surface area contributed by atoms with E-state index in [-0.39, 0.29) is 42.0 Å². The molecule has 1 saturated heterocycles. The summed E-state index contributed by atoms with van der Waals surface area (Å²) in [5, 5.41) is 2.50. The fraction of sp³-hybridized carbons (Fsp3) is 0.222. The molecule has 0 spiro atoms. The average molecular weight is 472 g/mol. The Bertz CT molecular complexity index is 1140. The number of sulfonamides is 1. The molecule has 0 N–H and O–H groups in total. The number of thiophene rings is 1. The minimum atomic E-state index is -3.80. The van der Waals surface area contributed by atoms with Crippen LogP contribution in [0.4, 0.5) is 4.39 Å². The number of aromatic nitrogens is 1. The molecule has 1 fully saturated rings. The first-order chi connectivity index (χ1) is 13.9. The zero-order valence-corrected chi connectivity index (χ0v) is 18.1. The quantitative estimate of drug-likeness (QED) is 0.580. The summed E-state index contributed by atoms with van der Waals surface area (Å²) >= 11 is 8.60. The van der Waals surface area contributed by atoms with Crippen LogP contribution in [-0.2, 0) is 10.0 Å². The lowest BCUT2D eigenvalue weighted by Crippen LogP contribution is -2.50. The van der Waals surface area contributed by atoms with Crippen LogP contribution in [0.1, 0.15) is 9.67 Å². The van der Waals surface area contributed by atoms with Gasteiger partial charge < -0.3 is 4.90 Å². The normalized spacial score (nSPS) is 15.6. The molecule has 1 aliphatic rings. The average Bonchev–Trinajstić information content (AvgIpc) is 3.41. The maximum absolute atomic E-state index is 13.3. The molecule has 0 aliphatic carbocycles. The molecule has 1 aliphatic heterocycles. The summed E-state index contributed by atoms with van der Waals surface area (Å²) in [4.78, 5) is 20.2. The highest BCUT2D eigenvalue weighted by Crippen LogP contribution is 2.30. The second kappa shape index (κ2) is 8.11. The number of halogens is 2. The van der Waals surface area contributed by atoms with E-state index in [0.29, 0.717) is 4.88 Å². The third-order valence-corrected chi connectivity index (χ3v) is 8.71. The maximum atomic E-state index is 13.3. The predicted molar refractivity (Wildman–Crippen MR) is 111 cm³/mol. The van der Waals surface area contributed by atoms with Gasteiger partial charge in [-0.2, -0.15) is 4.31 Å². The molecule has 152 valence electrons. The Morgan fingerprint density at radius 3 is 2.59 bits per heavy atom. The Labute approximate surface area is 180 Å². The van der Waals surface area contributed by atoms with Crippen molar-refractivity contribution < 1.29 is 17.6 Å². The highest BCUT2D eigenvalue weighted by atomic mass is 35.5. The molecule has 6 nitrogen and oxygen atoms in total. The summed E-state index contributed by atoms with van der Waals surface area (Å²) in [6.07, 6.45) is 1.56. The monoisotopic (exact) mass is 471 g/mol. The van der Waals surface area contributed by atoms with Gasteiger partial charge in [-0.3, -0.25) is 4.79 Å². The Morgan fingerprint density at radius 2 is 1.93 bits per heavy atom. The van der Waals surface area contributed by atoms with E-state index in [9.17, 15) is 17.6 Å². The van der Waals surface area contributed by atoms with E-state index >= 15 is 0 Å². The number of piperazine rings is 1. The Balaban J connectivity index is 1.43. The molecule has 0 bridgehead atoms. The smallest absolute Gasteiger partial charge is 0.265 e. The minimum Gasteiger partial charge on any atom is -0.335 e. The van der Waals surface area contributed by atoms with Crippen LogP contribution >= 0.6 is 34.3 Å². The van der Waals surface area contributed by atoms with Gasteiger partial charge in [-0.1, -0.05) is 17.7 Å². The summed E-state index contributed by atoms with van der Waals surface area (Å²) < 4.78 is 40.1. The van der Waals surface area contributed by atoms with Gasteiger partial charge in [0.2, 0.25) is 10.0 Å². The summed E-state index contributed by atoms with van der Waals surface area (Å²) in [6, 6.07) is 7.20. The zero-order valence-electron chi connectivity index (χ0n) is 14.9. The van der Waals surface area contributed by atoms with E-state index in [1.165, 1.54) is 21.7 Å². The lowest BCUT2D eigenvalue weighted by atomic mass is 10.3. The van der Waals surface area contributed by atoms with Crippen molar-refractivity contribution in [1.82, 2.24) is 14.2 Å². The molecule has 2 aromatic heterocycles. The van der Waals surface area contributed by atoms with Gasteiger partial charge in [-0.25, -0.2) is 17.8 Å². The second-order valence-electron chi connectivity index (χ2n) is 6.28. The molecule has 1 aromatic carbocycles. The molecule has 11 heteroatoms. The van der Waals surface area contributed by atoms with Crippen LogP contribution in [-0.4, -0.2) is 54.7 Å². The number of carbonyl (C=O) groups is 1. The van der Waals surface area contributed by atoms with Gasteiger partial charge in [-0.15, -0.1) is 22.7 Å². The van der Waals surface area contributed by atoms with E-state index in [4.69, 9.17) is 11.6 Å². The van der Waals surface area contributed by atoms with Crippen molar-refractivity contribution in [1.29, 1.82) is 0 Å². The maximum Gasteiger partial charge on any atom is 0.265 e. The minimum absolute atomic E-state index is 0.0632. The molecule has 0 saturated carbocycles. The molecule has 1 amide bonds. The van der Waals surface area contributed by atoms with Gasteiger partial charge in [0.1, 0.15) is 15.7 Å². The molecule has 0 radical (unpaired) electrons. The van der Waals surface area contributed by atoms with Gasteiger partial charge in [0.25, 0.3) is 5.91 Å². The van der Waals surface area contributed by atoms with Crippen molar-refractivity contribution in [3.63, 3.8) is 0 Å². The number of thiazole rings is 1. The fourth-order valence-corrected chi connectivity index (χ4v) is 6.34. The first kappa shape index (κ1) is 20.4. The van der Waals surface area contributed by atoms with Crippen LogP contribution in [0.3, 0.4) is 0 Å². The zero-order chi connectivity index (χ0) is 20.6. The topological polar surface area (TPSA) is 70.6 Å². The van der Waals surface area contributed by atoms with Crippen molar-refractivity contribution in [3.05, 3.63) is 57.6 Å². The third-order valence-electron chi connectivity index (χ3n) is 4.50. The van der Waals surface area contributed by atoms with Gasteiger partial charge in [0.15, 0.2) is 0 Å². The van der Waals surface area contributed by atoms with Crippen molar-refractivity contribution in [2.75, 3.05) is 26.2 Å². The first-order valence-electron chi connectivity index (χ1n) is 8.60. The lowest BCUT2D eigenvalue weighted by Gasteiger charge is -2.33. The van der Waals surface area contributed by atoms with E-state index in [1.807, 2.05) is 17.5 Å². The van der Waals surface area contributed by atoms with E-state index in [1.54, 1.807) is 22.4 Å². The van der Waals surface area contributed by atoms with Gasteiger partial charge in [0, 0.05) is 26.2 Å². The number of hydrogen-bond acceptors (Lipinski definition) is 6. The molecule has 3 aromatic rings.